The number of hydrogen-bond donors (Lipinski definition) is 0. The van der Waals surface area contributed by atoms with E-state index >= 15 is 0 Å². The molecular formula is C23H25F5O3. The number of halogens is 5. The molecule has 3 rings (SSSR count). The largest absolute Gasteiger partial charge is 0.429 e. The number of rotatable bonds is 7. The molecule has 2 aromatic rings. The minimum atomic E-state index is -4.16. The van der Waals surface area contributed by atoms with Crippen molar-refractivity contribution in [3.63, 3.8) is 0 Å². The first-order valence-corrected chi connectivity index (χ1v) is 10.2. The summed E-state index contributed by atoms with van der Waals surface area (Å²) in [6, 6.07) is 4.31. The maximum atomic E-state index is 14.3. The Kier molecular flexibility index (Phi) is 7.18. The van der Waals surface area contributed by atoms with Crippen molar-refractivity contribution in [2.45, 2.75) is 51.6 Å². The molecule has 0 atom stereocenters. The van der Waals surface area contributed by atoms with Gasteiger partial charge in [0.05, 0.1) is 5.92 Å². The smallest absolute Gasteiger partial charge is 0.429 e. The van der Waals surface area contributed by atoms with E-state index in [4.69, 9.17) is 4.74 Å². The summed E-state index contributed by atoms with van der Waals surface area (Å²) in [4.78, 5) is 12.3. The summed E-state index contributed by atoms with van der Waals surface area (Å²) >= 11 is 0. The molecule has 0 bridgehead atoms. The Labute approximate surface area is 178 Å². The van der Waals surface area contributed by atoms with Gasteiger partial charge >= 0.3 is 12.1 Å². The van der Waals surface area contributed by atoms with Crippen molar-refractivity contribution in [2.24, 2.45) is 11.8 Å². The lowest BCUT2D eigenvalue weighted by Gasteiger charge is -2.26. The third kappa shape index (κ3) is 5.74. The molecule has 0 unspecified atom stereocenters. The van der Waals surface area contributed by atoms with Crippen molar-refractivity contribution in [3.05, 3.63) is 59.4 Å². The average molecular weight is 444 g/mol. The monoisotopic (exact) mass is 444 g/mol. The van der Waals surface area contributed by atoms with Crippen LogP contribution in [0.3, 0.4) is 0 Å². The van der Waals surface area contributed by atoms with Crippen molar-refractivity contribution in [3.8, 4) is 11.5 Å². The van der Waals surface area contributed by atoms with E-state index in [9.17, 15) is 26.7 Å². The van der Waals surface area contributed by atoms with Gasteiger partial charge in [-0.05, 0) is 55.9 Å². The van der Waals surface area contributed by atoms with Crippen LogP contribution in [0.15, 0.2) is 36.4 Å². The summed E-state index contributed by atoms with van der Waals surface area (Å²) in [6.07, 6.45) is 1.27. The molecule has 31 heavy (non-hydrogen) atoms. The third-order valence-electron chi connectivity index (χ3n) is 5.49. The number of ether oxygens (including phenoxy) is 2. The highest BCUT2D eigenvalue weighted by Gasteiger charge is 2.38. The van der Waals surface area contributed by atoms with E-state index in [1.807, 2.05) is 0 Å². The first-order chi connectivity index (χ1) is 14.7. The van der Waals surface area contributed by atoms with Gasteiger partial charge in [-0.2, -0.15) is 8.78 Å². The molecule has 1 aliphatic carbocycles. The molecule has 1 saturated carbocycles. The van der Waals surface area contributed by atoms with Gasteiger partial charge in [0.2, 0.25) is 0 Å². The number of alkyl halides is 2. The molecule has 0 radical (unpaired) electrons. The highest BCUT2D eigenvalue weighted by Crippen LogP contribution is 2.36. The SMILES string of the molecule is CCCC1CCC(C(=O)Oc2ccc(C(F)(F)Oc3ccc(F)c(F)c3)c(F)c2)CC1.[HH]. The van der Waals surface area contributed by atoms with Gasteiger partial charge in [0, 0.05) is 13.6 Å². The lowest BCUT2D eigenvalue weighted by molar-refractivity contribution is -0.187. The Hall–Kier alpha value is -2.64. The Morgan fingerprint density at radius 3 is 2.23 bits per heavy atom. The fourth-order valence-corrected chi connectivity index (χ4v) is 3.83. The molecule has 170 valence electrons. The second-order valence-electron chi connectivity index (χ2n) is 7.76. The second kappa shape index (κ2) is 9.66. The quantitative estimate of drug-likeness (QED) is 0.262. The first-order valence-electron chi connectivity index (χ1n) is 10.2. The van der Waals surface area contributed by atoms with Crippen molar-refractivity contribution in [1.29, 1.82) is 0 Å². The summed E-state index contributed by atoms with van der Waals surface area (Å²) in [7, 11) is 0. The molecular weight excluding hydrogens is 419 g/mol. The second-order valence-corrected chi connectivity index (χ2v) is 7.76. The summed E-state index contributed by atoms with van der Waals surface area (Å²) in [5, 5.41) is 0. The van der Waals surface area contributed by atoms with Crippen LogP contribution in [0.25, 0.3) is 0 Å². The average Bonchev–Trinajstić information content (AvgIpc) is 2.71. The van der Waals surface area contributed by atoms with Crippen LogP contribution < -0.4 is 9.47 Å². The number of hydrogen-bond acceptors (Lipinski definition) is 3. The molecule has 0 heterocycles. The van der Waals surface area contributed by atoms with Gasteiger partial charge in [-0.25, -0.2) is 13.2 Å². The van der Waals surface area contributed by atoms with Gasteiger partial charge in [-0.15, -0.1) is 0 Å². The van der Waals surface area contributed by atoms with Crippen molar-refractivity contribution in [1.82, 2.24) is 0 Å². The first kappa shape index (κ1) is 23.0. The van der Waals surface area contributed by atoms with Crippen LogP contribution in [0.5, 0.6) is 11.5 Å². The lowest BCUT2D eigenvalue weighted by Crippen LogP contribution is -2.26. The van der Waals surface area contributed by atoms with Gasteiger partial charge in [-0.1, -0.05) is 19.8 Å². The molecule has 8 heteroatoms. The maximum Gasteiger partial charge on any atom is 0.429 e. The molecule has 0 saturated heterocycles. The zero-order valence-electron chi connectivity index (χ0n) is 17.0. The van der Waals surface area contributed by atoms with Crippen LogP contribution in [0.4, 0.5) is 22.0 Å². The summed E-state index contributed by atoms with van der Waals surface area (Å²) in [6.45, 7) is 2.12. The molecule has 0 aromatic heterocycles. The van der Waals surface area contributed by atoms with Crippen molar-refractivity contribution >= 4 is 5.97 Å². The number of carbonyl (C=O) groups excluding carboxylic acids is 1. The Balaban J connectivity index is 0.00000363. The van der Waals surface area contributed by atoms with E-state index in [2.05, 4.69) is 11.7 Å². The zero-order valence-corrected chi connectivity index (χ0v) is 17.0. The van der Waals surface area contributed by atoms with E-state index in [1.54, 1.807) is 0 Å². The van der Waals surface area contributed by atoms with E-state index in [0.717, 1.165) is 43.9 Å². The maximum absolute atomic E-state index is 14.3. The minimum absolute atomic E-state index is 0. The normalized spacial score (nSPS) is 19.2. The standard InChI is InChI=1S/C23H23F5O3.H2/c1-2-3-14-4-6-15(7-5-14)22(29)30-16-8-10-18(20(25)12-16)23(27,28)31-17-9-11-19(24)21(26)13-17;/h8-15H,2-7H2,1H3;1H. The van der Waals surface area contributed by atoms with Gasteiger partial charge in [0.1, 0.15) is 22.9 Å². The Bertz CT molecular complexity index is 930. The van der Waals surface area contributed by atoms with E-state index in [-0.39, 0.29) is 13.1 Å². The van der Waals surface area contributed by atoms with Crippen LogP contribution >= 0.6 is 0 Å². The Morgan fingerprint density at radius 1 is 0.968 bits per heavy atom. The molecule has 1 aliphatic rings. The summed E-state index contributed by atoms with van der Waals surface area (Å²) in [5.74, 6) is -5.03. The topological polar surface area (TPSA) is 35.5 Å². The van der Waals surface area contributed by atoms with Crippen LogP contribution in [0.2, 0.25) is 0 Å². The Morgan fingerprint density at radius 2 is 1.61 bits per heavy atom. The summed E-state index contributed by atoms with van der Waals surface area (Å²) in [5.41, 5.74) is -1.13. The van der Waals surface area contributed by atoms with Crippen LogP contribution in [-0.4, -0.2) is 5.97 Å². The lowest BCUT2D eigenvalue weighted by atomic mass is 9.80. The number of benzene rings is 2. The highest BCUT2D eigenvalue weighted by atomic mass is 19.3. The van der Waals surface area contributed by atoms with Crippen molar-refractivity contribution < 1.29 is 37.6 Å². The molecule has 2 aromatic carbocycles. The molecule has 3 nitrogen and oxygen atoms in total. The molecule has 0 N–H and O–H groups in total. The molecule has 0 amide bonds. The van der Waals surface area contributed by atoms with E-state index < -0.39 is 40.8 Å². The minimum Gasteiger partial charge on any atom is -0.429 e. The predicted octanol–water partition coefficient (Wildman–Crippen LogP) is 6.99. The van der Waals surface area contributed by atoms with Gasteiger partial charge < -0.3 is 9.47 Å². The summed E-state index contributed by atoms with van der Waals surface area (Å²) < 4.78 is 78.7. The third-order valence-corrected chi connectivity index (χ3v) is 5.49. The zero-order chi connectivity index (χ0) is 22.6. The van der Waals surface area contributed by atoms with Crippen LogP contribution in [-0.2, 0) is 10.9 Å². The highest BCUT2D eigenvalue weighted by molar-refractivity contribution is 5.75. The molecule has 1 fully saturated rings. The van der Waals surface area contributed by atoms with Gasteiger partial charge in [0.15, 0.2) is 11.6 Å². The predicted molar refractivity (Wildman–Crippen MR) is 105 cm³/mol. The fraction of sp³-hybridized carbons (Fsp3) is 0.435. The van der Waals surface area contributed by atoms with Crippen LogP contribution in [0.1, 0.15) is 52.4 Å². The van der Waals surface area contributed by atoms with Gasteiger partial charge in [-0.3, -0.25) is 4.79 Å². The fourth-order valence-electron chi connectivity index (χ4n) is 3.83. The van der Waals surface area contributed by atoms with Crippen LogP contribution in [0, 0.1) is 29.3 Å². The molecule has 0 spiro atoms. The van der Waals surface area contributed by atoms with E-state index in [0.29, 0.717) is 37.0 Å². The van der Waals surface area contributed by atoms with Gasteiger partial charge in [0.25, 0.3) is 0 Å². The van der Waals surface area contributed by atoms with Crippen molar-refractivity contribution in [2.75, 3.05) is 0 Å². The molecule has 0 aliphatic heterocycles. The van der Waals surface area contributed by atoms with E-state index in [1.165, 1.54) is 0 Å². The number of esters is 1. The number of carbonyl (C=O) groups is 1.